The first-order valence-corrected chi connectivity index (χ1v) is 2.91. The van der Waals surface area contributed by atoms with Crippen molar-refractivity contribution in [2.24, 2.45) is 0 Å². The topological polar surface area (TPSA) is 17.1 Å². The third-order valence-electron chi connectivity index (χ3n) is 1.16. The van der Waals surface area contributed by atoms with Gasteiger partial charge in [0, 0.05) is 6.42 Å². The fourth-order valence-electron chi connectivity index (χ4n) is 0.710. The molecule has 0 heterocycles. The van der Waals surface area contributed by atoms with Crippen LogP contribution in [0.15, 0.2) is 30.3 Å². The van der Waals surface area contributed by atoms with Crippen molar-refractivity contribution in [2.75, 3.05) is 0 Å². The maximum absolute atomic E-state index is 9.97. The first-order valence-electron chi connectivity index (χ1n) is 2.91. The molecule has 0 amide bonds. The minimum atomic E-state index is 0. The molecule has 0 N–H and O–H groups in total. The molecule has 0 spiro atoms. The number of hydrogen-bond donors (Lipinski definition) is 0. The number of aldehydes is 1. The predicted octanol–water partition coefficient (Wildman–Crippen LogP) is 0.779. The summed E-state index contributed by atoms with van der Waals surface area (Å²) in [5, 5.41) is 0. The second-order valence-electron chi connectivity index (χ2n) is 1.86. The van der Waals surface area contributed by atoms with E-state index in [1.807, 2.05) is 30.3 Å². The average Bonchev–Trinajstić information content (AvgIpc) is 1.91. The number of hydrogen-bond acceptors (Lipinski definition) is 1. The van der Waals surface area contributed by atoms with E-state index in [4.69, 9.17) is 0 Å². The Bertz CT molecular complexity index is 184. The molecule has 0 aliphatic heterocycles. The molecule has 1 aromatic rings. The van der Waals surface area contributed by atoms with Crippen molar-refractivity contribution in [1.29, 1.82) is 0 Å². The Labute approximate surface area is 82.7 Å². The summed E-state index contributed by atoms with van der Waals surface area (Å²) in [5.74, 6) is 0. The molecule has 0 unspecified atom stereocenters. The zero-order valence-electron chi connectivity index (χ0n) is 5.08. The van der Waals surface area contributed by atoms with Crippen LogP contribution in [0.5, 0.6) is 0 Å². The molecule has 0 aliphatic rings. The van der Waals surface area contributed by atoms with E-state index in [0.717, 1.165) is 11.8 Å². The van der Waals surface area contributed by atoms with E-state index in [-0.39, 0.29) is 29.6 Å². The molecular formula is C8H9NaO. The molecule has 1 aromatic carbocycles. The fourth-order valence-corrected chi connectivity index (χ4v) is 0.710. The molecule has 0 atom stereocenters. The summed E-state index contributed by atoms with van der Waals surface area (Å²) in [6.07, 6.45) is 1.44. The quantitative estimate of drug-likeness (QED) is 0.443. The van der Waals surface area contributed by atoms with Gasteiger partial charge in [-0.15, -0.1) is 0 Å². The molecule has 48 valence electrons. The zero-order valence-corrected chi connectivity index (χ0v) is 5.08. The normalized spacial score (nSPS) is 8.00. The Morgan fingerprint density at radius 1 is 1.20 bits per heavy atom. The Morgan fingerprint density at radius 2 is 1.80 bits per heavy atom. The second-order valence-corrected chi connectivity index (χ2v) is 1.86. The van der Waals surface area contributed by atoms with Gasteiger partial charge in [-0.05, 0) is 5.56 Å². The Kier molecular flexibility index (Phi) is 5.60. The molecule has 0 bridgehead atoms. The standard InChI is InChI=1S/C8H8O.Na.H/c9-7-6-8-4-2-1-3-5-8;;/h1-5,7H,6H2;;. The van der Waals surface area contributed by atoms with Crippen LogP contribution in [-0.2, 0) is 11.2 Å². The molecule has 10 heavy (non-hydrogen) atoms. The van der Waals surface area contributed by atoms with Crippen LogP contribution in [0.4, 0.5) is 0 Å². The van der Waals surface area contributed by atoms with Gasteiger partial charge in [0.05, 0.1) is 0 Å². The van der Waals surface area contributed by atoms with Crippen molar-refractivity contribution >= 4 is 35.8 Å². The molecule has 0 radical (unpaired) electrons. The Balaban J connectivity index is 0.000000810. The van der Waals surface area contributed by atoms with Crippen LogP contribution in [0, 0.1) is 0 Å². The van der Waals surface area contributed by atoms with E-state index in [2.05, 4.69) is 0 Å². The van der Waals surface area contributed by atoms with Crippen LogP contribution < -0.4 is 0 Å². The van der Waals surface area contributed by atoms with Gasteiger partial charge < -0.3 is 4.79 Å². The second kappa shape index (κ2) is 5.66. The van der Waals surface area contributed by atoms with Crippen molar-refractivity contribution < 1.29 is 4.79 Å². The van der Waals surface area contributed by atoms with Crippen molar-refractivity contribution in [3.63, 3.8) is 0 Å². The minimum absolute atomic E-state index is 0. The summed E-state index contributed by atoms with van der Waals surface area (Å²) in [4.78, 5) is 9.97. The van der Waals surface area contributed by atoms with Gasteiger partial charge in [0.25, 0.3) is 0 Å². The van der Waals surface area contributed by atoms with Crippen LogP contribution in [-0.4, -0.2) is 35.8 Å². The molecule has 0 aliphatic carbocycles. The van der Waals surface area contributed by atoms with Gasteiger partial charge in [0.15, 0.2) is 0 Å². The SMILES string of the molecule is O=CCc1ccccc1.[NaH]. The van der Waals surface area contributed by atoms with Crippen molar-refractivity contribution in [2.45, 2.75) is 6.42 Å². The van der Waals surface area contributed by atoms with Crippen LogP contribution in [0.2, 0.25) is 0 Å². The van der Waals surface area contributed by atoms with Gasteiger partial charge in [-0.25, -0.2) is 0 Å². The average molecular weight is 144 g/mol. The van der Waals surface area contributed by atoms with Gasteiger partial charge in [-0.1, -0.05) is 30.3 Å². The third-order valence-corrected chi connectivity index (χ3v) is 1.16. The molecule has 0 saturated carbocycles. The van der Waals surface area contributed by atoms with Gasteiger partial charge in [0.2, 0.25) is 0 Å². The van der Waals surface area contributed by atoms with Crippen molar-refractivity contribution in [3.8, 4) is 0 Å². The van der Waals surface area contributed by atoms with Gasteiger partial charge in [0.1, 0.15) is 6.29 Å². The fraction of sp³-hybridized carbons (Fsp3) is 0.125. The number of carbonyl (C=O) groups is 1. The molecular weight excluding hydrogens is 135 g/mol. The number of benzene rings is 1. The molecule has 1 rings (SSSR count). The van der Waals surface area contributed by atoms with E-state index in [9.17, 15) is 4.79 Å². The maximum atomic E-state index is 9.97. The number of rotatable bonds is 2. The van der Waals surface area contributed by atoms with Gasteiger partial charge in [-0.3, -0.25) is 0 Å². The Morgan fingerprint density at radius 3 is 2.30 bits per heavy atom. The third kappa shape index (κ3) is 3.16. The first kappa shape index (κ1) is 9.89. The van der Waals surface area contributed by atoms with Crippen LogP contribution >= 0.6 is 0 Å². The summed E-state index contributed by atoms with van der Waals surface area (Å²) in [6, 6.07) is 9.68. The van der Waals surface area contributed by atoms with E-state index in [1.165, 1.54) is 0 Å². The molecule has 2 heteroatoms. The van der Waals surface area contributed by atoms with Crippen molar-refractivity contribution in [1.82, 2.24) is 0 Å². The molecule has 1 nitrogen and oxygen atoms in total. The monoisotopic (exact) mass is 144 g/mol. The van der Waals surface area contributed by atoms with Gasteiger partial charge >= 0.3 is 29.6 Å². The summed E-state index contributed by atoms with van der Waals surface area (Å²) in [6.45, 7) is 0. The molecule has 0 aromatic heterocycles. The summed E-state index contributed by atoms with van der Waals surface area (Å²) in [7, 11) is 0. The molecule has 0 saturated heterocycles. The van der Waals surface area contributed by atoms with E-state index < -0.39 is 0 Å². The van der Waals surface area contributed by atoms with Crippen molar-refractivity contribution in [3.05, 3.63) is 35.9 Å². The van der Waals surface area contributed by atoms with Gasteiger partial charge in [-0.2, -0.15) is 0 Å². The van der Waals surface area contributed by atoms with Crippen LogP contribution in [0.25, 0.3) is 0 Å². The van der Waals surface area contributed by atoms with Crippen LogP contribution in [0.3, 0.4) is 0 Å². The van der Waals surface area contributed by atoms with E-state index in [0.29, 0.717) is 6.42 Å². The van der Waals surface area contributed by atoms with Crippen LogP contribution in [0.1, 0.15) is 5.56 Å². The summed E-state index contributed by atoms with van der Waals surface area (Å²) in [5.41, 5.74) is 1.08. The predicted molar refractivity (Wildman–Crippen MR) is 43.4 cm³/mol. The summed E-state index contributed by atoms with van der Waals surface area (Å²) < 4.78 is 0. The molecule has 0 fully saturated rings. The Hall–Kier alpha value is -0.110. The summed E-state index contributed by atoms with van der Waals surface area (Å²) >= 11 is 0. The van der Waals surface area contributed by atoms with E-state index >= 15 is 0 Å². The first-order chi connectivity index (χ1) is 4.43. The number of carbonyl (C=O) groups excluding carboxylic acids is 1. The zero-order chi connectivity index (χ0) is 6.53. The van der Waals surface area contributed by atoms with E-state index in [1.54, 1.807) is 0 Å².